The third kappa shape index (κ3) is 4.47. The van der Waals surface area contributed by atoms with Crippen LogP contribution >= 0.6 is 0 Å². The van der Waals surface area contributed by atoms with Gasteiger partial charge in [0.1, 0.15) is 6.67 Å². The van der Waals surface area contributed by atoms with Gasteiger partial charge in [-0.25, -0.2) is 27.3 Å². The average Bonchev–Trinajstić information content (AvgIpc) is 3.73. The third-order valence-corrected chi connectivity index (χ3v) is 10.6. The van der Waals surface area contributed by atoms with E-state index in [1.807, 2.05) is 12.1 Å². The molecule has 0 aromatic carbocycles. The molecule has 5 rings (SSSR count). The van der Waals surface area contributed by atoms with Gasteiger partial charge in [-0.15, -0.1) is 0 Å². The highest BCUT2D eigenvalue weighted by atomic mass is 32.2. The number of carbonyl (C=O) groups excluding carboxylic acids is 2. The Hall–Kier alpha value is -1.34. The van der Waals surface area contributed by atoms with Gasteiger partial charge in [-0.2, -0.15) is 0 Å². The standard InChI is InChI=1S/C22H36FN5O5S/c1-26-10-15(9-24-26)11-27-19(30)17-8-16(34(32,33)25-22(12-23)6-7-22)2-3-18(17)28(20(27)31)13-21(14-29)4-5-21/h15-18,24-25,29H,2-14H2,1H3. The lowest BCUT2D eigenvalue weighted by atomic mass is 9.80. The van der Waals surface area contributed by atoms with E-state index in [2.05, 4.69) is 10.1 Å². The average molecular weight is 502 g/mol. The molecule has 0 bridgehead atoms. The summed E-state index contributed by atoms with van der Waals surface area (Å²) in [6, 6.07) is -0.693. The van der Waals surface area contributed by atoms with Crippen LogP contribution in [0.2, 0.25) is 0 Å². The van der Waals surface area contributed by atoms with E-state index in [-0.39, 0.29) is 48.9 Å². The minimum atomic E-state index is -3.79. The van der Waals surface area contributed by atoms with Crippen LogP contribution in [0.5, 0.6) is 0 Å². The minimum Gasteiger partial charge on any atom is -0.396 e. The second-order valence-electron chi connectivity index (χ2n) is 11.3. The molecular weight excluding hydrogens is 465 g/mol. The number of carbonyl (C=O) groups is 2. The Labute approximate surface area is 200 Å². The van der Waals surface area contributed by atoms with Gasteiger partial charge in [0, 0.05) is 50.6 Å². The van der Waals surface area contributed by atoms with Crippen molar-refractivity contribution >= 4 is 22.0 Å². The fourth-order valence-corrected chi connectivity index (χ4v) is 7.80. The lowest BCUT2D eigenvalue weighted by Gasteiger charge is -2.49. The van der Waals surface area contributed by atoms with Crippen LogP contribution in [0.15, 0.2) is 0 Å². The molecule has 5 fully saturated rings. The quantitative estimate of drug-likeness (QED) is 0.408. The van der Waals surface area contributed by atoms with E-state index in [1.54, 1.807) is 4.90 Å². The van der Waals surface area contributed by atoms with Crippen LogP contribution in [0.25, 0.3) is 0 Å². The second-order valence-corrected chi connectivity index (χ2v) is 13.3. The number of imide groups is 1. The molecule has 3 saturated carbocycles. The highest BCUT2D eigenvalue weighted by Gasteiger charge is 2.55. The number of alkyl halides is 1. The predicted molar refractivity (Wildman–Crippen MR) is 122 cm³/mol. The third-order valence-electron chi connectivity index (χ3n) is 8.55. The van der Waals surface area contributed by atoms with Crippen LogP contribution in [-0.4, -0.2) is 104 Å². The predicted octanol–water partition coefficient (Wildman–Crippen LogP) is 0.0481. The van der Waals surface area contributed by atoms with Gasteiger partial charge < -0.3 is 10.0 Å². The highest BCUT2D eigenvalue weighted by molar-refractivity contribution is 7.90. The van der Waals surface area contributed by atoms with Crippen molar-refractivity contribution in [3.63, 3.8) is 0 Å². The monoisotopic (exact) mass is 501 g/mol. The van der Waals surface area contributed by atoms with Gasteiger partial charge >= 0.3 is 6.03 Å². The number of hydrogen-bond donors (Lipinski definition) is 3. The summed E-state index contributed by atoms with van der Waals surface area (Å²) in [7, 11) is -1.88. The number of sulfonamides is 1. The van der Waals surface area contributed by atoms with Gasteiger partial charge in [0.15, 0.2) is 0 Å². The molecule has 0 aromatic rings. The van der Waals surface area contributed by atoms with Crippen molar-refractivity contribution in [2.24, 2.45) is 17.3 Å². The molecule has 4 atom stereocenters. The topological polar surface area (TPSA) is 122 Å². The van der Waals surface area contributed by atoms with Crippen LogP contribution in [0.4, 0.5) is 9.18 Å². The zero-order valence-corrected chi connectivity index (χ0v) is 20.5. The molecule has 4 unspecified atom stereocenters. The van der Waals surface area contributed by atoms with E-state index in [4.69, 9.17) is 0 Å². The van der Waals surface area contributed by atoms with Crippen molar-refractivity contribution < 1.29 is 27.5 Å². The van der Waals surface area contributed by atoms with Crippen LogP contribution in [-0.2, 0) is 14.8 Å². The number of fused-ring (bicyclic) bond motifs is 1. The molecule has 0 spiro atoms. The molecule has 3 N–H and O–H groups in total. The van der Waals surface area contributed by atoms with E-state index in [1.165, 1.54) is 4.90 Å². The van der Waals surface area contributed by atoms with Crippen LogP contribution in [0.1, 0.15) is 44.9 Å². The van der Waals surface area contributed by atoms with Crippen molar-refractivity contribution in [2.45, 2.75) is 61.8 Å². The number of nitrogens with zero attached hydrogens (tertiary/aromatic N) is 3. The fourth-order valence-electron chi connectivity index (χ4n) is 5.87. The maximum absolute atomic E-state index is 13.6. The Bertz CT molecular complexity index is 940. The summed E-state index contributed by atoms with van der Waals surface area (Å²) in [5, 5.41) is 11.0. The highest BCUT2D eigenvalue weighted by Crippen LogP contribution is 2.48. The first kappa shape index (κ1) is 24.4. The summed E-state index contributed by atoms with van der Waals surface area (Å²) in [5.74, 6) is -0.829. The minimum absolute atomic E-state index is 0.00824. The molecule has 192 valence electrons. The fraction of sp³-hybridized carbons (Fsp3) is 0.909. The number of hydrogen-bond acceptors (Lipinski definition) is 7. The SMILES string of the molecule is CN1CC(CN2C(=O)C3CC(S(=O)(=O)NC4(CF)CC4)CCC3N(CC3(CO)CC3)C2=O)CN1. The van der Waals surface area contributed by atoms with Crippen LogP contribution < -0.4 is 10.1 Å². The Morgan fingerprint density at radius 2 is 1.94 bits per heavy atom. The van der Waals surface area contributed by atoms with Crippen molar-refractivity contribution in [3.05, 3.63) is 0 Å². The number of halogens is 1. The first-order valence-electron chi connectivity index (χ1n) is 12.4. The first-order chi connectivity index (χ1) is 16.1. The normalized spacial score (nSPS) is 34.9. The molecule has 12 heteroatoms. The Balaban J connectivity index is 1.37. The number of urea groups is 1. The van der Waals surface area contributed by atoms with Gasteiger partial charge in [0.2, 0.25) is 15.9 Å². The van der Waals surface area contributed by atoms with Gasteiger partial charge in [-0.1, -0.05) is 0 Å². The molecule has 0 radical (unpaired) electrons. The molecule has 5 aliphatic rings. The number of hydrazine groups is 1. The Kier molecular flexibility index (Phi) is 6.20. The van der Waals surface area contributed by atoms with E-state index in [0.717, 1.165) is 12.8 Å². The summed E-state index contributed by atoms with van der Waals surface area (Å²) >= 11 is 0. The molecule has 3 aliphatic carbocycles. The molecule has 0 aromatic heterocycles. The molecule has 34 heavy (non-hydrogen) atoms. The second kappa shape index (κ2) is 8.65. The summed E-state index contributed by atoms with van der Waals surface area (Å²) in [4.78, 5) is 30.2. The van der Waals surface area contributed by atoms with E-state index < -0.39 is 33.4 Å². The zero-order chi connectivity index (χ0) is 24.3. The van der Waals surface area contributed by atoms with Gasteiger partial charge in [0.25, 0.3) is 0 Å². The van der Waals surface area contributed by atoms with Gasteiger partial charge in [-0.3, -0.25) is 15.1 Å². The van der Waals surface area contributed by atoms with Crippen molar-refractivity contribution in [1.82, 2.24) is 25.0 Å². The number of aliphatic hydroxyl groups excluding tert-OH is 1. The maximum atomic E-state index is 13.6. The first-order valence-corrected chi connectivity index (χ1v) is 13.9. The Morgan fingerprint density at radius 1 is 1.21 bits per heavy atom. The van der Waals surface area contributed by atoms with Crippen LogP contribution in [0, 0.1) is 17.3 Å². The molecular formula is C22H36FN5O5S. The molecule has 2 aliphatic heterocycles. The Morgan fingerprint density at radius 3 is 2.50 bits per heavy atom. The largest absolute Gasteiger partial charge is 0.396 e. The molecule has 10 nitrogen and oxygen atoms in total. The zero-order valence-electron chi connectivity index (χ0n) is 19.7. The smallest absolute Gasteiger partial charge is 0.327 e. The van der Waals surface area contributed by atoms with Gasteiger partial charge in [0.05, 0.1) is 23.3 Å². The number of amides is 3. The number of rotatable bonds is 9. The van der Waals surface area contributed by atoms with Crippen molar-refractivity contribution in [2.75, 3.05) is 46.5 Å². The molecule has 2 saturated heterocycles. The van der Waals surface area contributed by atoms with Crippen LogP contribution in [0.3, 0.4) is 0 Å². The summed E-state index contributed by atoms with van der Waals surface area (Å²) < 4.78 is 42.1. The lowest BCUT2D eigenvalue weighted by Crippen LogP contribution is -2.65. The summed E-state index contributed by atoms with van der Waals surface area (Å²) in [6.45, 7) is 1.30. The summed E-state index contributed by atoms with van der Waals surface area (Å²) in [5.41, 5.74) is 1.91. The number of nitrogens with one attached hydrogen (secondary N) is 2. The van der Waals surface area contributed by atoms with Crippen molar-refractivity contribution in [1.29, 1.82) is 0 Å². The van der Waals surface area contributed by atoms with Crippen molar-refractivity contribution in [3.8, 4) is 0 Å². The maximum Gasteiger partial charge on any atom is 0.327 e. The number of aliphatic hydroxyl groups is 1. The summed E-state index contributed by atoms with van der Waals surface area (Å²) in [6.07, 6.45) is 3.49. The lowest BCUT2D eigenvalue weighted by molar-refractivity contribution is -0.141. The van der Waals surface area contributed by atoms with E-state index >= 15 is 0 Å². The molecule has 2 heterocycles. The molecule has 3 amide bonds. The van der Waals surface area contributed by atoms with Gasteiger partial charge in [-0.05, 0) is 44.9 Å². The van der Waals surface area contributed by atoms with E-state index in [0.29, 0.717) is 45.3 Å². The van der Waals surface area contributed by atoms with E-state index in [9.17, 15) is 27.5 Å².